The number of carbonyl (C=O) groups is 1. The molecule has 0 aromatic heterocycles. The number of fused-ring (bicyclic) bond motifs is 1. The Kier molecular flexibility index (Phi) is 7.48. The highest BCUT2D eigenvalue weighted by Crippen LogP contribution is 2.53. The van der Waals surface area contributed by atoms with Gasteiger partial charge in [-0.2, -0.15) is 0 Å². The second kappa shape index (κ2) is 10.1. The lowest BCUT2D eigenvalue weighted by Gasteiger charge is -2.36. The largest absolute Gasteiger partial charge is 0.697 e. The van der Waals surface area contributed by atoms with Gasteiger partial charge in [0.1, 0.15) is 30.1 Å². The van der Waals surface area contributed by atoms with Gasteiger partial charge in [0.2, 0.25) is 0 Å². The summed E-state index contributed by atoms with van der Waals surface area (Å²) in [6.45, 7) is 20.0. The molecule has 0 saturated carbocycles. The molecule has 2 fully saturated rings. The summed E-state index contributed by atoms with van der Waals surface area (Å²) in [5.41, 5.74) is 3.95. The van der Waals surface area contributed by atoms with Crippen LogP contribution in [0.5, 0.6) is 11.5 Å². The molecule has 1 atom stereocenters. The van der Waals surface area contributed by atoms with E-state index in [4.69, 9.17) is 27.4 Å². The molecule has 10 heteroatoms. The molecular formula is C30H39O8P2+. The number of ether oxygens (including phenoxy) is 1. The number of rotatable bonds is 3. The summed E-state index contributed by atoms with van der Waals surface area (Å²) >= 11 is 0. The molecule has 0 N–H and O–H groups in total. The van der Waals surface area contributed by atoms with Crippen LogP contribution in [0.2, 0.25) is 0 Å². The van der Waals surface area contributed by atoms with Crippen LogP contribution < -0.4 is 9.26 Å². The second-order valence-corrected chi connectivity index (χ2v) is 15.6. The molecule has 0 aliphatic carbocycles. The van der Waals surface area contributed by atoms with Crippen molar-refractivity contribution in [2.45, 2.75) is 78.6 Å². The standard InChI is InChI=1S/C30H39O8P2/c1-18-10-21(11-19(2)24(18)38-40-35-16-30(17-36-40)14-33-39(32)34-15-30)29(9)23-13-20(27(3,4)5)12-22(28(6,7)8)25(23)37-26(29)31/h10-13H,14-17H2,1-9H3/q+1. The Balaban J connectivity index is 1.45. The summed E-state index contributed by atoms with van der Waals surface area (Å²) in [6, 6.07) is 8.33. The van der Waals surface area contributed by atoms with Gasteiger partial charge >= 0.3 is 22.8 Å². The fourth-order valence-corrected chi connectivity index (χ4v) is 7.48. The van der Waals surface area contributed by atoms with E-state index in [1.165, 1.54) is 5.56 Å². The summed E-state index contributed by atoms with van der Waals surface area (Å²) in [6.07, 6.45) is 0. The molecule has 2 aromatic carbocycles. The molecular weight excluding hydrogens is 550 g/mol. The quantitative estimate of drug-likeness (QED) is 0.207. The van der Waals surface area contributed by atoms with Crippen LogP contribution in [0.3, 0.4) is 0 Å². The molecule has 0 amide bonds. The van der Waals surface area contributed by atoms with E-state index in [1.807, 2.05) is 32.9 Å². The van der Waals surface area contributed by atoms with Gasteiger partial charge in [-0.25, -0.2) is 0 Å². The highest BCUT2D eigenvalue weighted by molar-refractivity contribution is 7.42. The number of esters is 1. The van der Waals surface area contributed by atoms with Gasteiger partial charge in [0, 0.05) is 15.7 Å². The third-order valence-corrected chi connectivity index (χ3v) is 9.70. The first-order valence-electron chi connectivity index (χ1n) is 13.5. The number of aryl methyl sites for hydroxylation is 2. The van der Waals surface area contributed by atoms with Crippen molar-refractivity contribution in [1.29, 1.82) is 0 Å². The van der Waals surface area contributed by atoms with E-state index in [9.17, 15) is 9.36 Å². The average Bonchev–Trinajstić information content (AvgIpc) is 3.13. The zero-order valence-corrected chi connectivity index (χ0v) is 26.6. The molecule has 3 aliphatic heterocycles. The van der Waals surface area contributed by atoms with Crippen LogP contribution in [0.4, 0.5) is 0 Å². The molecule has 8 nitrogen and oxygen atoms in total. The fraction of sp³-hybridized carbons (Fsp3) is 0.567. The van der Waals surface area contributed by atoms with E-state index in [0.29, 0.717) is 24.7 Å². The molecule has 216 valence electrons. The Morgan fingerprint density at radius 2 is 1.45 bits per heavy atom. The van der Waals surface area contributed by atoms with Crippen LogP contribution in [0.25, 0.3) is 0 Å². The molecule has 3 aliphatic rings. The van der Waals surface area contributed by atoms with E-state index in [-0.39, 0.29) is 30.0 Å². The van der Waals surface area contributed by atoms with Crippen LogP contribution in [0, 0.1) is 19.3 Å². The highest BCUT2D eigenvalue weighted by Gasteiger charge is 2.50. The van der Waals surface area contributed by atoms with Crippen molar-refractivity contribution >= 4 is 22.8 Å². The first-order valence-corrected chi connectivity index (χ1v) is 15.7. The van der Waals surface area contributed by atoms with Crippen molar-refractivity contribution in [1.82, 2.24) is 0 Å². The Morgan fingerprint density at radius 1 is 0.875 bits per heavy atom. The van der Waals surface area contributed by atoms with Crippen LogP contribution in [-0.4, -0.2) is 32.4 Å². The van der Waals surface area contributed by atoms with Crippen LogP contribution in [0.1, 0.15) is 81.8 Å². The van der Waals surface area contributed by atoms with E-state index < -0.39 is 27.7 Å². The average molecular weight is 590 g/mol. The normalized spacial score (nSPS) is 28.0. The predicted molar refractivity (Wildman–Crippen MR) is 153 cm³/mol. The Hall–Kier alpha value is -1.92. The molecule has 2 saturated heterocycles. The Labute approximate surface area is 239 Å². The van der Waals surface area contributed by atoms with Crippen LogP contribution in [0.15, 0.2) is 24.3 Å². The molecule has 5 rings (SSSR count). The van der Waals surface area contributed by atoms with Gasteiger partial charge in [-0.1, -0.05) is 65.8 Å². The summed E-state index contributed by atoms with van der Waals surface area (Å²) in [5, 5.41) is 0. The number of benzene rings is 2. The smallest absolute Gasteiger partial charge is 0.426 e. The van der Waals surface area contributed by atoms with Gasteiger partial charge < -0.3 is 18.3 Å². The lowest BCUT2D eigenvalue weighted by Crippen LogP contribution is -2.44. The van der Waals surface area contributed by atoms with E-state index in [2.05, 4.69) is 53.7 Å². The molecule has 2 aromatic rings. The summed E-state index contributed by atoms with van der Waals surface area (Å²) in [7, 11) is -3.70. The van der Waals surface area contributed by atoms with Crippen molar-refractivity contribution < 1.29 is 36.7 Å². The maximum Gasteiger partial charge on any atom is 0.697 e. The zero-order valence-electron chi connectivity index (χ0n) is 24.8. The topological polar surface area (TPSA) is 89.5 Å². The zero-order chi connectivity index (χ0) is 29.3. The summed E-state index contributed by atoms with van der Waals surface area (Å²) in [4.78, 5) is 13.7. The summed E-state index contributed by atoms with van der Waals surface area (Å²) in [5.74, 6) is 1.06. The van der Waals surface area contributed by atoms with E-state index in [0.717, 1.165) is 27.8 Å². The van der Waals surface area contributed by atoms with Crippen molar-refractivity contribution in [3.63, 3.8) is 0 Å². The van der Waals surface area contributed by atoms with Crippen molar-refractivity contribution in [3.8, 4) is 11.5 Å². The predicted octanol–water partition coefficient (Wildman–Crippen LogP) is 7.47. The van der Waals surface area contributed by atoms with Gasteiger partial charge in [-0.05, 0) is 53.9 Å². The number of carbonyl (C=O) groups excluding carboxylic acids is 1. The van der Waals surface area contributed by atoms with Gasteiger partial charge in [0.25, 0.3) is 0 Å². The van der Waals surface area contributed by atoms with E-state index >= 15 is 0 Å². The lowest BCUT2D eigenvalue weighted by molar-refractivity contribution is -0.136. The van der Waals surface area contributed by atoms with Gasteiger partial charge in [-0.3, -0.25) is 4.79 Å². The van der Waals surface area contributed by atoms with Crippen LogP contribution in [-0.2, 0) is 43.7 Å². The molecule has 0 radical (unpaired) electrons. The Bertz CT molecular complexity index is 1330. The van der Waals surface area contributed by atoms with Crippen molar-refractivity contribution in [2.75, 3.05) is 26.4 Å². The third-order valence-electron chi connectivity index (χ3n) is 8.01. The van der Waals surface area contributed by atoms with Crippen molar-refractivity contribution in [2.24, 2.45) is 5.41 Å². The minimum absolute atomic E-state index is 0.0979. The minimum atomic E-state index is -2.07. The molecule has 1 unspecified atom stereocenters. The van der Waals surface area contributed by atoms with Crippen molar-refractivity contribution in [3.05, 3.63) is 57.6 Å². The second-order valence-electron chi connectivity index (χ2n) is 13.5. The monoisotopic (exact) mass is 589 g/mol. The fourth-order valence-electron chi connectivity index (χ4n) is 5.27. The molecule has 3 heterocycles. The summed E-state index contributed by atoms with van der Waals surface area (Å²) < 4.78 is 45.8. The molecule has 1 spiro atoms. The number of hydrogen-bond acceptors (Lipinski definition) is 8. The van der Waals surface area contributed by atoms with E-state index in [1.54, 1.807) is 0 Å². The van der Waals surface area contributed by atoms with Gasteiger partial charge in [0.05, 0.1) is 18.6 Å². The third kappa shape index (κ3) is 5.24. The Morgan fingerprint density at radius 3 is 1.98 bits per heavy atom. The van der Waals surface area contributed by atoms with Crippen LogP contribution >= 0.6 is 16.9 Å². The maximum atomic E-state index is 13.7. The SMILES string of the molecule is Cc1cc(C2(C)C(=O)Oc3c(C(C)(C)C)cc(C(C)(C)C)cc32)cc(C)c1OP1OCC2(CO1)CO[P+](=O)OC2. The first kappa shape index (κ1) is 29.6. The number of hydrogen-bond donors (Lipinski definition) is 0. The highest BCUT2D eigenvalue weighted by atomic mass is 31.2. The van der Waals surface area contributed by atoms with Gasteiger partial charge in [-0.15, -0.1) is 9.05 Å². The lowest BCUT2D eigenvalue weighted by atomic mass is 9.72. The molecule has 0 bridgehead atoms. The first-order chi connectivity index (χ1) is 18.5. The molecule has 40 heavy (non-hydrogen) atoms. The minimum Gasteiger partial charge on any atom is -0.426 e. The maximum absolute atomic E-state index is 13.7. The van der Waals surface area contributed by atoms with Gasteiger partial charge in [0.15, 0.2) is 0 Å².